The van der Waals surface area contributed by atoms with Crippen molar-refractivity contribution in [1.29, 1.82) is 0 Å². The highest BCUT2D eigenvalue weighted by Crippen LogP contribution is 2.35. The van der Waals surface area contributed by atoms with Crippen molar-refractivity contribution in [1.82, 2.24) is 9.97 Å². The van der Waals surface area contributed by atoms with Crippen LogP contribution < -0.4 is 9.47 Å². The van der Waals surface area contributed by atoms with E-state index in [0.29, 0.717) is 5.82 Å². The van der Waals surface area contributed by atoms with Gasteiger partial charge in [0.25, 0.3) is 0 Å². The summed E-state index contributed by atoms with van der Waals surface area (Å²) in [6.45, 7) is 0.268. The summed E-state index contributed by atoms with van der Waals surface area (Å²) >= 11 is 0. The number of hydrogen-bond acceptors (Lipinski definition) is 4. The first kappa shape index (κ1) is 10.3. The van der Waals surface area contributed by atoms with Crippen molar-refractivity contribution in [3.8, 4) is 22.9 Å². The van der Waals surface area contributed by atoms with Gasteiger partial charge in [-0.05, 0) is 6.07 Å². The van der Waals surface area contributed by atoms with Gasteiger partial charge < -0.3 is 9.47 Å². The molecule has 92 valence electrons. The second kappa shape index (κ2) is 3.95. The van der Waals surface area contributed by atoms with Crippen LogP contribution in [0, 0.1) is 0 Å². The van der Waals surface area contributed by atoms with Gasteiger partial charge in [-0.2, -0.15) is 0 Å². The largest absolute Gasteiger partial charge is 0.454 e. The van der Waals surface area contributed by atoms with E-state index in [1.807, 2.05) is 48.7 Å². The van der Waals surface area contributed by atoms with Crippen LogP contribution in [0.4, 0.5) is 0 Å². The zero-order valence-corrected chi connectivity index (χ0v) is 10.0. The van der Waals surface area contributed by atoms with Crippen LogP contribution in [0.1, 0.15) is 0 Å². The number of hydrogen-bond donors (Lipinski definition) is 0. The molecule has 0 saturated carbocycles. The molecule has 0 unspecified atom stereocenters. The zero-order valence-electron chi connectivity index (χ0n) is 10.0. The molecule has 1 aliphatic heterocycles. The van der Waals surface area contributed by atoms with Crippen LogP contribution in [-0.4, -0.2) is 16.8 Å². The Morgan fingerprint density at radius 3 is 2.58 bits per heavy atom. The first-order valence-electron chi connectivity index (χ1n) is 6.02. The summed E-state index contributed by atoms with van der Waals surface area (Å²) in [4.78, 5) is 8.97. The van der Waals surface area contributed by atoms with E-state index < -0.39 is 0 Å². The lowest BCUT2D eigenvalue weighted by atomic mass is 10.2. The maximum Gasteiger partial charge on any atom is 0.231 e. The van der Waals surface area contributed by atoms with Gasteiger partial charge in [0.15, 0.2) is 17.3 Å². The summed E-state index contributed by atoms with van der Waals surface area (Å²) < 4.78 is 10.7. The van der Waals surface area contributed by atoms with Crippen molar-refractivity contribution < 1.29 is 9.47 Å². The molecular formula is C15H10N2O2. The minimum Gasteiger partial charge on any atom is -0.454 e. The molecule has 2 heterocycles. The van der Waals surface area contributed by atoms with Gasteiger partial charge in [0.05, 0.1) is 5.52 Å². The number of aromatic nitrogens is 2. The summed E-state index contributed by atoms with van der Waals surface area (Å²) in [6, 6.07) is 13.7. The number of benzene rings is 2. The molecule has 0 spiro atoms. The van der Waals surface area contributed by atoms with E-state index in [1.165, 1.54) is 0 Å². The minimum atomic E-state index is 0.268. The monoisotopic (exact) mass is 250 g/mol. The van der Waals surface area contributed by atoms with Crippen molar-refractivity contribution in [2.24, 2.45) is 0 Å². The van der Waals surface area contributed by atoms with Gasteiger partial charge in [-0.15, -0.1) is 0 Å². The van der Waals surface area contributed by atoms with E-state index >= 15 is 0 Å². The molecule has 4 nitrogen and oxygen atoms in total. The molecule has 3 aromatic rings. The van der Waals surface area contributed by atoms with Crippen LogP contribution in [0.15, 0.2) is 48.7 Å². The average Bonchev–Trinajstić information content (AvgIpc) is 2.92. The highest BCUT2D eigenvalue weighted by Gasteiger charge is 2.15. The number of rotatable bonds is 1. The van der Waals surface area contributed by atoms with Crippen LogP contribution in [0.25, 0.3) is 22.3 Å². The minimum absolute atomic E-state index is 0.268. The van der Waals surface area contributed by atoms with Crippen LogP contribution in [0.2, 0.25) is 0 Å². The molecule has 4 rings (SSSR count). The topological polar surface area (TPSA) is 44.2 Å². The Kier molecular flexibility index (Phi) is 2.14. The van der Waals surface area contributed by atoms with Gasteiger partial charge in [-0.25, -0.2) is 9.97 Å². The predicted molar refractivity (Wildman–Crippen MR) is 71.1 cm³/mol. The average molecular weight is 250 g/mol. The summed E-state index contributed by atoms with van der Waals surface area (Å²) in [7, 11) is 0. The van der Waals surface area contributed by atoms with Crippen molar-refractivity contribution in [3.63, 3.8) is 0 Å². The Balaban J connectivity index is 1.90. The smallest absolute Gasteiger partial charge is 0.231 e. The predicted octanol–water partition coefficient (Wildman–Crippen LogP) is 3.03. The Labute approximate surface area is 109 Å². The lowest BCUT2D eigenvalue weighted by Crippen LogP contribution is -1.92. The molecule has 2 aromatic carbocycles. The lowest BCUT2D eigenvalue weighted by molar-refractivity contribution is 0.174. The molecule has 0 radical (unpaired) electrons. The van der Waals surface area contributed by atoms with Gasteiger partial charge in [0, 0.05) is 23.2 Å². The van der Waals surface area contributed by atoms with E-state index in [1.54, 1.807) is 0 Å². The molecule has 0 atom stereocenters. The molecule has 0 saturated heterocycles. The van der Waals surface area contributed by atoms with Crippen molar-refractivity contribution in [2.75, 3.05) is 6.79 Å². The van der Waals surface area contributed by atoms with E-state index in [-0.39, 0.29) is 6.79 Å². The summed E-state index contributed by atoms with van der Waals surface area (Å²) in [6.07, 6.45) is 1.81. The second-order valence-corrected chi connectivity index (χ2v) is 4.32. The Bertz CT molecular complexity index is 757. The van der Waals surface area contributed by atoms with E-state index in [2.05, 4.69) is 9.97 Å². The first-order valence-corrected chi connectivity index (χ1v) is 6.02. The van der Waals surface area contributed by atoms with Gasteiger partial charge in [0.2, 0.25) is 6.79 Å². The molecule has 0 amide bonds. The Morgan fingerprint density at radius 1 is 0.947 bits per heavy atom. The number of nitrogens with zero attached hydrogens (tertiary/aromatic N) is 2. The molecule has 1 aliphatic rings. The van der Waals surface area contributed by atoms with Crippen LogP contribution in [0.5, 0.6) is 11.5 Å². The molecule has 1 aromatic heterocycles. The maximum absolute atomic E-state index is 5.37. The zero-order chi connectivity index (χ0) is 12.7. The molecule has 0 aliphatic carbocycles. The van der Waals surface area contributed by atoms with Gasteiger partial charge in [0.1, 0.15) is 0 Å². The van der Waals surface area contributed by atoms with Crippen LogP contribution >= 0.6 is 0 Å². The lowest BCUT2D eigenvalue weighted by Gasteiger charge is -2.03. The second-order valence-electron chi connectivity index (χ2n) is 4.32. The summed E-state index contributed by atoms with van der Waals surface area (Å²) in [5.41, 5.74) is 1.86. The first-order chi connectivity index (χ1) is 9.40. The quantitative estimate of drug-likeness (QED) is 0.666. The fourth-order valence-electron chi connectivity index (χ4n) is 2.15. The SMILES string of the molecule is c1ccc(-c2ncc3cc4c(cc3n2)OCO4)cc1. The standard InChI is InChI=1S/C15H10N2O2/c1-2-4-10(5-3-1)15-16-8-11-6-13-14(19-9-18-13)7-12(11)17-15/h1-8H,9H2. The third-order valence-corrected chi connectivity index (χ3v) is 3.11. The van der Waals surface area contributed by atoms with E-state index in [4.69, 9.17) is 9.47 Å². The molecule has 0 bridgehead atoms. The van der Waals surface area contributed by atoms with Crippen molar-refractivity contribution >= 4 is 10.9 Å². The summed E-state index contributed by atoms with van der Waals surface area (Å²) in [5, 5.41) is 0.948. The summed E-state index contributed by atoms with van der Waals surface area (Å²) in [5.74, 6) is 2.21. The van der Waals surface area contributed by atoms with Gasteiger partial charge in [-0.1, -0.05) is 30.3 Å². The van der Waals surface area contributed by atoms with E-state index in [9.17, 15) is 0 Å². The third-order valence-electron chi connectivity index (χ3n) is 3.11. The van der Waals surface area contributed by atoms with Gasteiger partial charge >= 0.3 is 0 Å². The molecule has 0 fully saturated rings. The van der Waals surface area contributed by atoms with Crippen LogP contribution in [0.3, 0.4) is 0 Å². The molecule has 0 N–H and O–H groups in total. The normalized spacial score (nSPS) is 12.8. The van der Waals surface area contributed by atoms with Crippen LogP contribution in [-0.2, 0) is 0 Å². The Morgan fingerprint density at radius 2 is 1.74 bits per heavy atom. The highest BCUT2D eigenvalue weighted by atomic mass is 16.7. The third kappa shape index (κ3) is 1.69. The number of ether oxygens (including phenoxy) is 2. The molecule has 19 heavy (non-hydrogen) atoms. The fraction of sp³-hybridized carbons (Fsp3) is 0.0667. The maximum atomic E-state index is 5.37. The Hall–Kier alpha value is -2.62. The fourth-order valence-corrected chi connectivity index (χ4v) is 2.15. The van der Waals surface area contributed by atoms with Crippen molar-refractivity contribution in [3.05, 3.63) is 48.7 Å². The highest BCUT2D eigenvalue weighted by molar-refractivity contribution is 5.83. The number of fused-ring (bicyclic) bond motifs is 2. The molecular weight excluding hydrogens is 240 g/mol. The molecule has 4 heteroatoms. The van der Waals surface area contributed by atoms with Gasteiger partial charge in [-0.3, -0.25) is 0 Å². The van der Waals surface area contributed by atoms with E-state index in [0.717, 1.165) is 28.0 Å². The van der Waals surface area contributed by atoms with Crippen molar-refractivity contribution in [2.45, 2.75) is 0 Å².